The lowest BCUT2D eigenvalue weighted by molar-refractivity contribution is -0.488. The minimum atomic E-state index is 0.857. The second kappa shape index (κ2) is 7.99. The molecule has 0 N–H and O–H groups in total. The summed E-state index contributed by atoms with van der Waals surface area (Å²) >= 11 is 0. The van der Waals surface area contributed by atoms with Gasteiger partial charge in [0, 0.05) is 40.6 Å². The number of aromatic nitrogens is 2. The van der Waals surface area contributed by atoms with E-state index in [0.717, 1.165) is 49.4 Å². The third kappa shape index (κ3) is 3.02. The van der Waals surface area contributed by atoms with Crippen LogP contribution in [0.1, 0.15) is 5.56 Å². The summed E-state index contributed by atoms with van der Waals surface area (Å²) in [6.07, 6.45) is 4.39. The second-order valence-electron chi connectivity index (χ2n) is 9.94. The third-order valence-corrected chi connectivity index (χ3v) is 7.64. The van der Waals surface area contributed by atoms with E-state index in [1.807, 2.05) is 6.07 Å². The first-order valence-electron chi connectivity index (χ1n) is 12.9. The summed E-state index contributed by atoms with van der Waals surface area (Å²) < 4.78 is 11.3. The maximum atomic E-state index is 6.69. The lowest BCUT2D eigenvalue weighted by atomic mass is 10.0. The first-order chi connectivity index (χ1) is 18.8. The Balaban J connectivity index is 1.76. The van der Waals surface area contributed by atoms with Crippen LogP contribution in [0.4, 0.5) is 0 Å². The van der Waals surface area contributed by atoms with Gasteiger partial charge in [0.05, 0.1) is 6.07 Å². The van der Waals surface area contributed by atoms with Gasteiger partial charge < -0.3 is 4.42 Å². The highest BCUT2D eigenvalue weighted by atomic mass is 16.3. The van der Waals surface area contributed by atoms with Crippen molar-refractivity contribution in [3.63, 3.8) is 0 Å². The zero-order chi connectivity index (χ0) is 25.2. The van der Waals surface area contributed by atoms with E-state index in [0.29, 0.717) is 0 Å². The molecule has 4 aromatic carbocycles. The Bertz CT molecular complexity index is 2310. The van der Waals surface area contributed by atoms with Crippen LogP contribution in [-0.2, 0) is 0 Å². The van der Waals surface area contributed by atoms with Crippen LogP contribution in [0.25, 0.3) is 65.6 Å². The van der Waals surface area contributed by atoms with Crippen LogP contribution in [-0.4, -0.2) is 0 Å². The van der Waals surface area contributed by atoms with Gasteiger partial charge in [-0.1, -0.05) is 54.6 Å². The van der Waals surface area contributed by atoms with Gasteiger partial charge in [0.2, 0.25) is 22.1 Å². The zero-order valence-corrected chi connectivity index (χ0v) is 20.9. The van der Waals surface area contributed by atoms with Crippen molar-refractivity contribution in [2.45, 2.75) is 6.92 Å². The summed E-state index contributed by atoms with van der Waals surface area (Å²) in [4.78, 5) is 0. The quantitative estimate of drug-likeness (QED) is 0.198. The SMILES string of the molecule is Cc1ccc2c3cc4c(cc3[n+]3ccccc3c3ccccc3[n+]2c1)oc1ccccc1c1ccccc41. The Morgan fingerprint density at radius 3 is 1.92 bits per heavy atom. The molecule has 4 heterocycles. The monoisotopic (exact) mass is 488 g/mol. The van der Waals surface area contributed by atoms with Gasteiger partial charge in [-0.15, -0.1) is 0 Å². The van der Waals surface area contributed by atoms with Crippen LogP contribution < -0.4 is 8.80 Å². The molecule has 0 saturated carbocycles. The number of benzene rings is 4. The molecule has 0 radical (unpaired) electrons. The number of fused-ring (bicyclic) bond motifs is 13. The predicted molar refractivity (Wildman–Crippen MR) is 155 cm³/mol. The van der Waals surface area contributed by atoms with Gasteiger partial charge in [-0.2, -0.15) is 8.80 Å². The van der Waals surface area contributed by atoms with Crippen LogP contribution in [0.3, 0.4) is 0 Å². The van der Waals surface area contributed by atoms with Gasteiger partial charge in [-0.25, -0.2) is 0 Å². The fraction of sp³-hybridized carbons (Fsp3) is 0.0286. The molecule has 0 atom stereocenters. The number of hydrogen-bond donors (Lipinski definition) is 0. The summed E-state index contributed by atoms with van der Waals surface area (Å²) in [5, 5.41) is 6.90. The van der Waals surface area contributed by atoms with E-state index in [1.165, 1.54) is 21.7 Å². The third-order valence-electron chi connectivity index (χ3n) is 7.64. The van der Waals surface area contributed by atoms with Crippen LogP contribution in [0.15, 0.2) is 132 Å². The van der Waals surface area contributed by atoms with E-state index < -0.39 is 0 Å². The van der Waals surface area contributed by atoms with E-state index in [9.17, 15) is 0 Å². The molecule has 0 amide bonds. The molecule has 4 aromatic heterocycles. The van der Waals surface area contributed by atoms with Crippen LogP contribution in [0.5, 0.6) is 0 Å². The van der Waals surface area contributed by atoms with Gasteiger partial charge in [-0.05, 0) is 48.0 Å². The molecule has 0 saturated heterocycles. The first-order valence-corrected chi connectivity index (χ1v) is 12.9. The van der Waals surface area contributed by atoms with Crippen molar-refractivity contribution >= 4 is 65.6 Å². The molecule has 0 unspecified atom stereocenters. The van der Waals surface area contributed by atoms with Gasteiger partial charge >= 0.3 is 0 Å². The number of para-hydroxylation sites is 2. The van der Waals surface area contributed by atoms with E-state index in [4.69, 9.17) is 4.42 Å². The average Bonchev–Trinajstić information content (AvgIpc) is 3.10. The smallest absolute Gasteiger partial charge is 0.228 e. The van der Waals surface area contributed by atoms with E-state index in [-0.39, 0.29) is 0 Å². The van der Waals surface area contributed by atoms with Gasteiger partial charge in [0.25, 0.3) is 0 Å². The van der Waals surface area contributed by atoms with E-state index >= 15 is 0 Å². The minimum Gasteiger partial charge on any atom is -0.456 e. The van der Waals surface area contributed by atoms with Crippen molar-refractivity contribution in [2.75, 3.05) is 0 Å². The van der Waals surface area contributed by atoms with Crippen molar-refractivity contribution < 1.29 is 13.2 Å². The Kier molecular flexibility index (Phi) is 4.44. The molecule has 3 nitrogen and oxygen atoms in total. The molecule has 0 spiro atoms. The average molecular weight is 489 g/mol. The molecule has 38 heavy (non-hydrogen) atoms. The number of hydrogen-bond acceptors (Lipinski definition) is 1. The molecule has 8 rings (SSSR count). The second-order valence-corrected chi connectivity index (χ2v) is 9.94. The molecule has 0 fully saturated rings. The van der Waals surface area contributed by atoms with Crippen molar-refractivity contribution in [3.8, 4) is 0 Å². The molecule has 8 aromatic rings. The molecule has 178 valence electrons. The van der Waals surface area contributed by atoms with Crippen molar-refractivity contribution in [1.29, 1.82) is 0 Å². The Labute approximate surface area is 218 Å². The Hall–Kier alpha value is -5.02. The number of rotatable bonds is 0. The molecule has 0 aliphatic rings. The molecule has 0 bridgehead atoms. The predicted octanol–water partition coefficient (Wildman–Crippen LogP) is 7.96. The van der Waals surface area contributed by atoms with E-state index in [2.05, 4.69) is 137 Å². The summed E-state index contributed by atoms with van der Waals surface area (Å²) in [6, 6.07) is 40.9. The lowest BCUT2D eigenvalue weighted by Gasteiger charge is -2.03. The normalized spacial score (nSPS) is 11.8. The molecular weight excluding hydrogens is 464 g/mol. The maximum Gasteiger partial charge on any atom is 0.228 e. The maximum absolute atomic E-state index is 6.69. The summed E-state index contributed by atoms with van der Waals surface area (Å²) in [6.45, 7) is 2.15. The van der Waals surface area contributed by atoms with Crippen molar-refractivity contribution in [3.05, 3.63) is 133 Å². The van der Waals surface area contributed by atoms with Crippen LogP contribution >= 0.6 is 0 Å². The van der Waals surface area contributed by atoms with Crippen molar-refractivity contribution in [2.24, 2.45) is 0 Å². The van der Waals surface area contributed by atoms with Crippen LogP contribution in [0.2, 0.25) is 0 Å². The largest absolute Gasteiger partial charge is 0.456 e. The fourth-order valence-electron chi connectivity index (χ4n) is 5.92. The first kappa shape index (κ1) is 21.1. The summed E-state index contributed by atoms with van der Waals surface area (Å²) in [5.41, 5.74) is 7.47. The zero-order valence-electron chi connectivity index (χ0n) is 20.9. The highest BCUT2D eigenvalue weighted by Gasteiger charge is 2.21. The highest BCUT2D eigenvalue weighted by molar-refractivity contribution is 6.16. The lowest BCUT2D eigenvalue weighted by Crippen LogP contribution is -2.27. The number of pyridine rings is 2. The fourth-order valence-corrected chi connectivity index (χ4v) is 5.92. The molecule has 0 aliphatic carbocycles. The summed E-state index contributed by atoms with van der Waals surface area (Å²) in [5.74, 6) is 0. The molecule has 0 aliphatic heterocycles. The van der Waals surface area contributed by atoms with Crippen molar-refractivity contribution in [1.82, 2.24) is 0 Å². The minimum absolute atomic E-state index is 0.857. The van der Waals surface area contributed by atoms with E-state index in [1.54, 1.807) is 0 Å². The standard InChI is InChI=1S/C35H24N2O/c1-23-17-18-32-29-20-28-25-11-3-2-10-24(25)26-12-5-7-16-34(26)38-35(28)21-33(29)36-19-9-8-15-30(36)27-13-4-6-14-31(27)37(32)22-23/h2-22H,1H3/q+2. The van der Waals surface area contributed by atoms with Gasteiger partial charge in [0.15, 0.2) is 12.4 Å². The summed E-state index contributed by atoms with van der Waals surface area (Å²) in [7, 11) is 0. The topological polar surface area (TPSA) is 21.3 Å². The van der Waals surface area contributed by atoms with Gasteiger partial charge in [-0.3, -0.25) is 0 Å². The number of nitrogens with zero attached hydrogens (tertiary/aromatic N) is 2. The number of aryl methyl sites for hydroxylation is 1. The van der Waals surface area contributed by atoms with Gasteiger partial charge in [0.1, 0.15) is 21.9 Å². The molecular formula is C35H24N2O+2. The molecule has 3 heteroatoms. The Morgan fingerprint density at radius 1 is 0.447 bits per heavy atom. The highest BCUT2D eigenvalue weighted by Crippen LogP contribution is 2.33. The van der Waals surface area contributed by atoms with Crippen LogP contribution in [0, 0.1) is 6.92 Å². The Morgan fingerprint density at radius 2 is 1.08 bits per heavy atom.